The van der Waals surface area contributed by atoms with Crippen LogP contribution in [0.2, 0.25) is 0 Å². The summed E-state index contributed by atoms with van der Waals surface area (Å²) in [5, 5.41) is 1.92. The van der Waals surface area contributed by atoms with Gasteiger partial charge in [0, 0.05) is 6.20 Å². The fourth-order valence-corrected chi connectivity index (χ4v) is 2.57. The van der Waals surface area contributed by atoms with E-state index in [1.807, 2.05) is 29.6 Å². The molecule has 0 amide bonds. The smallest absolute Gasteiger partial charge is 0.348 e. The summed E-state index contributed by atoms with van der Waals surface area (Å²) in [4.78, 5) is 16.8. The largest absolute Gasteiger partial charge is 0.455 e. The van der Waals surface area contributed by atoms with E-state index >= 15 is 0 Å². The van der Waals surface area contributed by atoms with E-state index in [1.54, 1.807) is 6.20 Å². The Morgan fingerprint density at radius 2 is 2.22 bits per heavy atom. The van der Waals surface area contributed by atoms with Gasteiger partial charge in [0.25, 0.3) is 0 Å². The van der Waals surface area contributed by atoms with Crippen molar-refractivity contribution in [2.45, 2.75) is 26.4 Å². The lowest BCUT2D eigenvalue weighted by molar-refractivity contribution is 0.0472. The number of carbonyl (C=O) groups excluding carboxylic acids is 1. The van der Waals surface area contributed by atoms with Crippen LogP contribution in [-0.4, -0.2) is 11.0 Å². The van der Waals surface area contributed by atoms with Gasteiger partial charge in [-0.3, -0.25) is 4.98 Å². The van der Waals surface area contributed by atoms with Crippen LogP contribution in [0.1, 0.15) is 40.7 Å². The predicted octanol–water partition coefficient (Wildman–Crippen LogP) is 3.62. The molecule has 0 N–H and O–H groups in total. The predicted molar refractivity (Wildman–Crippen MR) is 71.8 cm³/mol. The van der Waals surface area contributed by atoms with E-state index < -0.39 is 0 Å². The lowest BCUT2D eigenvalue weighted by Gasteiger charge is -2.07. The highest BCUT2D eigenvalue weighted by Crippen LogP contribution is 2.25. The van der Waals surface area contributed by atoms with Gasteiger partial charge >= 0.3 is 5.97 Å². The van der Waals surface area contributed by atoms with Gasteiger partial charge in [0.05, 0.1) is 5.69 Å². The van der Waals surface area contributed by atoms with Gasteiger partial charge in [-0.15, -0.1) is 11.3 Å². The Hall–Kier alpha value is -1.68. The number of pyridine rings is 1. The second kappa shape index (κ2) is 5.78. The maximum atomic E-state index is 12.0. The van der Waals surface area contributed by atoms with Gasteiger partial charge in [0.2, 0.25) is 0 Å². The Balaban J connectivity index is 2.02. The number of aromatic nitrogens is 1. The second-order valence-electron chi connectivity index (χ2n) is 4.26. The average molecular weight is 261 g/mol. The van der Waals surface area contributed by atoms with Gasteiger partial charge in [-0.1, -0.05) is 19.9 Å². The molecule has 0 unspecified atom stereocenters. The van der Waals surface area contributed by atoms with Crippen LogP contribution in [0.3, 0.4) is 0 Å². The van der Waals surface area contributed by atoms with E-state index in [9.17, 15) is 4.79 Å². The van der Waals surface area contributed by atoms with E-state index in [0.717, 1.165) is 11.3 Å². The first kappa shape index (κ1) is 12.8. The molecule has 0 atom stereocenters. The molecule has 0 aliphatic rings. The van der Waals surface area contributed by atoms with Crippen LogP contribution >= 0.6 is 11.3 Å². The van der Waals surface area contributed by atoms with Crippen molar-refractivity contribution >= 4 is 17.3 Å². The van der Waals surface area contributed by atoms with Crippen LogP contribution in [0, 0.1) is 0 Å². The number of esters is 1. The first-order chi connectivity index (χ1) is 8.68. The molecule has 2 aromatic rings. The monoisotopic (exact) mass is 261 g/mol. The highest BCUT2D eigenvalue weighted by molar-refractivity contribution is 7.12. The molecule has 0 bridgehead atoms. The van der Waals surface area contributed by atoms with Crippen LogP contribution in [0.4, 0.5) is 0 Å². The first-order valence-electron chi connectivity index (χ1n) is 5.83. The minimum absolute atomic E-state index is 0.217. The number of carbonyl (C=O) groups is 1. The Kier molecular flexibility index (Phi) is 4.10. The SMILES string of the molecule is CC(C)c1ccsc1C(=O)OCc1ccccn1. The van der Waals surface area contributed by atoms with Gasteiger partial charge < -0.3 is 4.74 Å². The van der Waals surface area contributed by atoms with Crippen molar-refractivity contribution in [2.24, 2.45) is 0 Å². The Morgan fingerprint density at radius 3 is 2.89 bits per heavy atom. The van der Waals surface area contributed by atoms with Crippen molar-refractivity contribution in [1.82, 2.24) is 4.98 Å². The normalized spacial score (nSPS) is 10.6. The summed E-state index contributed by atoms with van der Waals surface area (Å²) < 4.78 is 5.27. The van der Waals surface area contributed by atoms with Crippen molar-refractivity contribution in [2.75, 3.05) is 0 Å². The molecule has 2 rings (SSSR count). The Labute approximate surface area is 110 Å². The first-order valence-corrected chi connectivity index (χ1v) is 6.71. The molecule has 18 heavy (non-hydrogen) atoms. The van der Waals surface area contributed by atoms with Crippen LogP contribution in [0.15, 0.2) is 35.8 Å². The fourth-order valence-electron chi connectivity index (χ4n) is 1.63. The second-order valence-corrected chi connectivity index (χ2v) is 5.17. The summed E-state index contributed by atoms with van der Waals surface area (Å²) in [7, 11) is 0. The zero-order chi connectivity index (χ0) is 13.0. The van der Waals surface area contributed by atoms with Gasteiger partial charge in [-0.2, -0.15) is 0 Å². The molecule has 2 aromatic heterocycles. The quantitative estimate of drug-likeness (QED) is 0.789. The molecule has 0 radical (unpaired) electrons. The molecule has 0 aliphatic carbocycles. The number of rotatable bonds is 4. The fraction of sp³-hybridized carbons (Fsp3) is 0.286. The molecular formula is C14H15NO2S. The van der Waals surface area contributed by atoms with Crippen LogP contribution in [0.25, 0.3) is 0 Å². The summed E-state index contributed by atoms with van der Waals surface area (Å²) >= 11 is 1.43. The molecule has 0 spiro atoms. The number of hydrogen-bond donors (Lipinski definition) is 0. The zero-order valence-electron chi connectivity index (χ0n) is 10.4. The lowest BCUT2D eigenvalue weighted by atomic mass is 10.0. The van der Waals surface area contributed by atoms with Crippen LogP contribution in [-0.2, 0) is 11.3 Å². The van der Waals surface area contributed by atoms with Crippen molar-refractivity contribution in [3.63, 3.8) is 0 Å². The average Bonchev–Trinajstić information content (AvgIpc) is 2.86. The van der Waals surface area contributed by atoms with Gasteiger partial charge in [-0.25, -0.2) is 4.79 Å². The third-order valence-corrected chi connectivity index (χ3v) is 3.49. The standard InChI is InChI=1S/C14H15NO2S/c1-10(2)12-6-8-18-13(12)14(16)17-9-11-5-3-4-7-15-11/h3-8,10H,9H2,1-2H3. The Bertz CT molecular complexity index is 520. The van der Waals surface area contributed by atoms with E-state index in [1.165, 1.54) is 11.3 Å². The highest BCUT2D eigenvalue weighted by Gasteiger charge is 2.16. The zero-order valence-corrected chi connectivity index (χ0v) is 11.2. The molecular weight excluding hydrogens is 246 g/mol. The summed E-state index contributed by atoms with van der Waals surface area (Å²) in [5.74, 6) is 0.0630. The van der Waals surface area contributed by atoms with Gasteiger partial charge in [0.1, 0.15) is 11.5 Å². The maximum Gasteiger partial charge on any atom is 0.348 e. The topological polar surface area (TPSA) is 39.2 Å². The summed E-state index contributed by atoms with van der Waals surface area (Å²) in [5.41, 5.74) is 1.81. The van der Waals surface area contributed by atoms with Gasteiger partial charge in [-0.05, 0) is 35.1 Å². The number of nitrogens with zero attached hydrogens (tertiary/aromatic N) is 1. The third-order valence-electron chi connectivity index (χ3n) is 2.58. The van der Waals surface area contributed by atoms with Crippen molar-refractivity contribution in [3.8, 4) is 0 Å². The number of thiophene rings is 1. The summed E-state index contributed by atoms with van der Waals surface area (Å²) in [6.45, 7) is 4.35. The molecule has 94 valence electrons. The van der Waals surface area contributed by atoms with Crippen molar-refractivity contribution < 1.29 is 9.53 Å². The third kappa shape index (κ3) is 2.96. The van der Waals surface area contributed by atoms with E-state index in [0.29, 0.717) is 10.8 Å². The molecule has 0 saturated heterocycles. The maximum absolute atomic E-state index is 12.0. The molecule has 4 heteroatoms. The summed E-state index contributed by atoms with van der Waals surface area (Å²) in [6, 6.07) is 7.53. The number of ether oxygens (including phenoxy) is 1. The Morgan fingerprint density at radius 1 is 1.39 bits per heavy atom. The molecule has 0 aliphatic heterocycles. The van der Waals surface area contributed by atoms with E-state index in [-0.39, 0.29) is 12.6 Å². The summed E-state index contributed by atoms with van der Waals surface area (Å²) in [6.07, 6.45) is 1.69. The molecule has 3 nitrogen and oxygen atoms in total. The van der Waals surface area contributed by atoms with Crippen molar-refractivity contribution in [1.29, 1.82) is 0 Å². The highest BCUT2D eigenvalue weighted by atomic mass is 32.1. The number of hydrogen-bond acceptors (Lipinski definition) is 4. The lowest BCUT2D eigenvalue weighted by Crippen LogP contribution is -2.07. The minimum Gasteiger partial charge on any atom is -0.455 e. The molecule has 0 aromatic carbocycles. The molecule has 0 fully saturated rings. The minimum atomic E-state index is -0.264. The van der Waals surface area contributed by atoms with E-state index in [2.05, 4.69) is 18.8 Å². The van der Waals surface area contributed by atoms with Gasteiger partial charge in [0.15, 0.2) is 0 Å². The van der Waals surface area contributed by atoms with Crippen LogP contribution in [0.5, 0.6) is 0 Å². The van der Waals surface area contributed by atoms with Crippen molar-refractivity contribution in [3.05, 3.63) is 52.0 Å². The van der Waals surface area contributed by atoms with E-state index in [4.69, 9.17) is 4.74 Å². The van der Waals surface area contributed by atoms with Crippen LogP contribution < -0.4 is 0 Å². The molecule has 2 heterocycles. The molecule has 0 saturated carbocycles.